The van der Waals surface area contributed by atoms with Crippen molar-refractivity contribution < 1.29 is 8.42 Å². The second-order valence-electron chi connectivity index (χ2n) is 4.69. The van der Waals surface area contributed by atoms with Gasteiger partial charge in [0.25, 0.3) is 10.0 Å². The van der Waals surface area contributed by atoms with Crippen molar-refractivity contribution in [2.75, 3.05) is 16.6 Å². The topological polar surface area (TPSA) is 63.4 Å². The van der Waals surface area contributed by atoms with Gasteiger partial charge in [0.1, 0.15) is 4.21 Å². The first kappa shape index (κ1) is 16.1. The van der Waals surface area contributed by atoms with Crippen molar-refractivity contribution >= 4 is 44.3 Å². The molecule has 7 heteroatoms. The van der Waals surface area contributed by atoms with E-state index in [1.54, 1.807) is 37.3 Å². The van der Waals surface area contributed by atoms with Gasteiger partial charge >= 0.3 is 0 Å². The third kappa shape index (κ3) is 3.33. The summed E-state index contributed by atoms with van der Waals surface area (Å²) in [5.74, 6) is 0. The number of hydrogen-bond donors (Lipinski definition) is 1. The van der Waals surface area contributed by atoms with Crippen LogP contribution in [-0.4, -0.2) is 15.0 Å². The lowest BCUT2D eigenvalue weighted by molar-refractivity contribution is 0.592. The van der Waals surface area contributed by atoms with E-state index >= 15 is 0 Å². The summed E-state index contributed by atoms with van der Waals surface area (Å²) in [6.07, 6.45) is 0.701. The summed E-state index contributed by atoms with van der Waals surface area (Å²) < 4.78 is 27.8. The fraction of sp³-hybridized carbons (Fsp3) is 0.286. The van der Waals surface area contributed by atoms with Gasteiger partial charge in [-0.2, -0.15) is 0 Å². The molecule has 2 N–H and O–H groups in total. The maximum atomic E-state index is 12.8. The van der Waals surface area contributed by atoms with Crippen molar-refractivity contribution in [3.05, 3.63) is 40.2 Å². The largest absolute Gasteiger partial charge is 0.399 e. The van der Waals surface area contributed by atoms with Crippen LogP contribution in [0, 0.1) is 6.92 Å². The van der Waals surface area contributed by atoms with Gasteiger partial charge in [0.05, 0.1) is 10.0 Å². The van der Waals surface area contributed by atoms with Gasteiger partial charge in [-0.1, -0.05) is 24.6 Å². The number of thiophene rings is 1. The number of benzene rings is 1. The number of aryl methyl sites for hydroxylation is 1. The highest BCUT2D eigenvalue weighted by Crippen LogP contribution is 2.34. The average molecular weight is 345 g/mol. The molecule has 0 aliphatic rings. The molecular weight excluding hydrogens is 328 g/mol. The van der Waals surface area contributed by atoms with Crippen molar-refractivity contribution in [1.82, 2.24) is 0 Å². The van der Waals surface area contributed by atoms with Crippen molar-refractivity contribution in [3.8, 4) is 0 Å². The first-order valence-electron chi connectivity index (χ1n) is 6.50. The highest BCUT2D eigenvalue weighted by atomic mass is 35.5. The minimum Gasteiger partial charge on any atom is -0.399 e. The minimum atomic E-state index is -3.62. The van der Waals surface area contributed by atoms with Gasteiger partial charge in [0, 0.05) is 12.2 Å². The molecule has 0 unspecified atom stereocenters. The second kappa shape index (κ2) is 6.25. The third-order valence-electron chi connectivity index (χ3n) is 2.96. The average Bonchev–Trinajstić information content (AvgIpc) is 2.76. The highest BCUT2D eigenvalue weighted by molar-refractivity contribution is 7.94. The molecule has 0 saturated heterocycles. The molecular formula is C14H17ClN2O2S2. The van der Waals surface area contributed by atoms with Crippen LogP contribution in [0.5, 0.6) is 0 Å². The van der Waals surface area contributed by atoms with Crippen molar-refractivity contribution in [2.24, 2.45) is 0 Å². The number of hydrogen-bond acceptors (Lipinski definition) is 4. The zero-order chi connectivity index (χ0) is 15.6. The first-order chi connectivity index (χ1) is 9.86. The quantitative estimate of drug-likeness (QED) is 0.837. The van der Waals surface area contributed by atoms with Crippen LogP contribution in [0.2, 0.25) is 4.34 Å². The minimum absolute atomic E-state index is 0.251. The lowest BCUT2D eigenvalue weighted by Gasteiger charge is -2.23. The molecule has 21 heavy (non-hydrogen) atoms. The maximum Gasteiger partial charge on any atom is 0.273 e. The number of nitrogen functional groups attached to an aromatic ring is 1. The Morgan fingerprint density at radius 2 is 2.05 bits per heavy atom. The van der Waals surface area contributed by atoms with Crippen LogP contribution in [0.4, 0.5) is 11.4 Å². The van der Waals surface area contributed by atoms with Crippen LogP contribution in [0.3, 0.4) is 0 Å². The fourth-order valence-electron chi connectivity index (χ4n) is 1.94. The SMILES string of the molecule is CCCN(c1cccc(N)c1)S(=O)(=O)c1cc(C)c(Cl)s1. The van der Waals surface area contributed by atoms with E-state index in [1.165, 1.54) is 4.31 Å². The van der Waals surface area contributed by atoms with E-state index in [1.807, 2.05) is 6.92 Å². The molecule has 0 spiro atoms. The number of halogens is 1. The molecule has 0 atom stereocenters. The van der Waals surface area contributed by atoms with E-state index < -0.39 is 10.0 Å². The Hall–Kier alpha value is -1.24. The fourth-order valence-corrected chi connectivity index (χ4v) is 5.31. The summed E-state index contributed by atoms with van der Waals surface area (Å²) in [6.45, 7) is 4.12. The second-order valence-corrected chi connectivity index (χ2v) is 8.44. The van der Waals surface area contributed by atoms with E-state index in [9.17, 15) is 8.42 Å². The summed E-state index contributed by atoms with van der Waals surface area (Å²) in [5, 5.41) is 0. The van der Waals surface area contributed by atoms with Gasteiger partial charge in [0.2, 0.25) is 0 Å². The Morgan fingerprint density at radius 1 is 1.33 bits per heavy atom. The predicted octanol–water partition coefficient (Wildman–Crippen LogP) is 3.90. The molecule has 1 aromatic carbocycles. The van der Waals surface area contributed by atoms with E-state index in [2.05, 4.69) is 0 Å². The molecule has 2 rings (SSSR count). The van der Waals surface area contributed by atoms with E-state index in [4.69, 9.17) is 17.3 Å². The maximum absolute atomic E-state index is 12.8. The number of nitrogens with two attached hydrogens (primary N) is 1. The van der Waals surface area contributed by atoms with Crippen molar-refractivity contribution in [2.45, 2.75) is 24.5 Å². The van der Waals surface area contributed by atoms with E-state index in [0.29, 0.717) is 28.7 Å². The van der Waals surface area contributed by atoms with Gasteiger partial charge in [-0.3, -0.25) is 4.31 Å². The molecule has 0 fully saturated rings. The summed E-state index contributed by atoms with van der Waals surface area (Å²) in [6, 6.07) is 8.49. The van der Waals surface area contributed by atoms with Crippen LogP contribution in [-0.2, 0) is 10.0 Å². The van der Waals surface area contributed by atoms with Crippen LogP contribution in [0.1, 0.15) is 18.9 Å². The van der Waals surface area contributed by atoms with Crippen molar-refractivity contribution in [1.29, 1.82) is 0 Å². The molecule has 0 aliphatic heterocycles. The number of rotatable bonds is 5. The van der Waals surface area contributed by atoms with Gasteiger partial charge in [0.15, 0.2) is 0 Å². The summed E-state index contributed by atoms with van der Waals surface area (Å²) in [4.78, 5) is 0. The zero-order valence-electron chi connectivity index (χ0n) is 11.8. The molecule has 4 nitrogen and oxygen atoms in total. The Labute approximate surface area is 134 Å². The van der Waals surface area contributed by atoms with Crippen LogP contribution in [0.25, 0.3) is 0 Å². The van der Waals surface area contributed by atoms with Gasteiger partial charge in [-0.15, -0.1) is 11.3 Å². The molecule has 2 aromatic rings. The van der Waals surface area contributed by atoms with Gasteiger partial charge in [-0.25, -0.2) is 8.42 Å². The lowest BCUT2D eigenvalue weighted by atomic mass is 10.3. The lowest BCUT2D eigenvalue weighted by Crippen LogP contribution is -2.31. The standard InChI is InChI=1S/C14H17ClN2O2S2/c1-3-7-17(12-6-4-5-11(16)9-12)21(18,19)13-8-10(2)14(15)20-13/h4-6,8-9H,3,7,16H2,1-2H3. The first-order valence-corrected chi connectivity index (χ1v) is 9.14. The van der Waals surface area contributed by atoms with Gasteiger partial charge in [-0.05, 0) is 43.2 Å². The summed E-state index contributed by atoms with van der Waals surface area (Å²) >= 11 is 7.08. The Morgan fingerprint density at radius 3 is 2.57 bits per heavy atom. The number of sulfonamides is 1. The molecule has 1 aromatic heterocycles. The van der Waals surface area contributed by atoms with E-state index in [-0.39, 0.29) is 4.21 Å². The Bertz CT molecular complexity index is 722. The van der Waals surface area contributed by atoms with Crippen LogP contribution < -0.4 is 10.0 Å². The normalized spacial score (nSPS) is 11.6. The van der Waals surface area contributed by atoms with E-state index in [0.717, 1.165) is 16.9 Å². The molecule has 0 radical (unpaired) electrons. The molecule has 0 aliphatic carbocycles. The smallest absolute Gasteiger partial charge is 0.273 e. The molecule has 1 heterocycles. The number of nitrogens with zero attached hydrogens (tertiary/aromatic N) is 1. The van der Waals surface area contributed by atoms with Crippen LogP contribution >= 0.6 is 22.9 Å². The number of anilines is 2. The Kier molecular flexibility index (Phi) is 4.81. The van der Waals surface area contributed by atoms with Crippen LogP contribution in [0.15, 0.2) is 34.5 Å². The summed E-state index contributed by atoms with van der Waals surface area (Å²) in [7, 11) is -3.62. The highest BCUT2D eigenvalue weighted by Gasteiger charge is 2.27. The molecule has 0 bridgehead atoms. The molecule has 114 valence electrons. The summed E-state index contributed by atoms with van der Waals surface area (Å²) in [5.41, 5.74) is 7.63. The monoisotopic (exact) mass is 344 g/mol. The predicted molar refractivity (Wildman–Crippen MR) is 89.7 cm³/mol. The van der Waals surface area contributed by atoms with Gasteiger partial charge < -0.3 is 5.73 Å². The molecule has 0 amide bonds. The Balaban J connectivity index is 2.51. The molecule has 0 saturated carbocycles. The zero-order valence-corrected chi connectivity index (χ0v) is 14.2. The third-order valence-corrected chi connectivity index (χ3v) is 6.80. The van der Waals surface area contributed by atoms with Crippen molar-refractivity contribution in [3.63, 3.8) is 0 Å².